The monoisotopic (exact) mass is 247 g/mol. The van der Waals surface area contributed by atoms with Gasteiger partial charge in [0.05, 0.1) is 7.11 Å². The standard InChI is InChI=1S/C12H13N3O3/c1-17-7-3-2-4-8-9(7)14-10(18-8)12(5-6-12)15-11(13)16/h2-4H,5-6H2,1H3,(H3,13,15,16). The molecular weight excluding hydrogens is 234 g/mol. The quantitative estimate of drug-likeness (QED) is 0.859. The molecule has 0 aliphatic heterocycles. The minimum atomic E-state index is -0.568. The topological polar surface area (TPSA) is 90.4 Å². The van der Waals surface area contributed by atoms with Crippen molar-refractivity contribution in [3.05, 3.63) is 24.1 Å². The van der Waals surface area contributed by atoms with E-state index < -0.39 is 11.6 Å². The van der Waals surface area contributed by atoms with Crippen molar-refractivity contribution in [3.63, 3.8) is 0 Å². The van der Waals surface area contributed by atoms with Gasteiger partial charge in [-0.3, -0.25) is 0 Å². The van der Waals surface area contributed by atoms with Crippen molar-refractivity contribution in [2.75, 3.05) is 7.11 Å². The Hall–Kier alpha value is -2.24. The molecule has 1 aliphatic rings. The molecular formula is C12H13N3O3. The number of carbonyl (C=O) groups excluding carboxylic acids is 1. The Bertz CT molecular complexity index is 616. The van der Waals surface area contributed by atoms with Crippen molar-refractivity contribution >= 4 is 17.1 Å². The predicted octanol–water partition coefficient (Wildman–Crippen LogP) is 1.49. The molecule has 2 amide bonds. The van der Waals surface area contributed by atoms with Crippen molar-refractivity contribution in [2.45, 2.75) is 18.4 Å². The fourth-order valence-electron chi connectivity index (χ4n) is 2.05. The Morgan fingerprint density at radius 2 is 2.33 bits per heavy atom. The number of carbonyl (C=O) groups is 1. The third kappa shape index (κ3) is 1.57. The summed E-state index contributed by atoms with van der Waals surface area (Å²) < 4.78 is 10.9. The lowest BCUT2D eigenvalue weighted by molar-refractivity contribution is 0.241. The number of urea groups is 1. The highest BCUT2D eigenvalue weighted by Crippen LogP contribution is 2.46. The van der Waals surface area contributed by atoms with Gasteiger partial charge in [0.1, 0.15) is 11.3 Å². The fraction of sp³-hybridized carbons (Fsp3) is 0.333. The number of amides is 2. The molecule has 1 saturated carbocycles. The fourth-order valence-corrected chi connectivity index (χ4v) is 2.05. The van der Waals surface area contributed by atoms with Crippen LogP contribution in [0.5, 0.6) is 5.75 Å². The Morgan fingerprint density at radius 3 is 2.94 bits per heavy atom. The van der Waals surface area contributed by atoms with Crippen LogP contribution < -0.4 is 15.8 Å². The van der Waals surface area contributed by atoms with E-state index in [4.69, 9.17) is 14.9 Å². The van der Waals surface area contributed by atoms with E-state index in [1.54, 1.807) is 7.11 Å². The molecule has 94 valence electrons. The van der Waals surface area contributed by atoms with E-state index in [2.05, 4.69) is 10.3 Å². The number of benzene rings is 1. The number of para-hydroxylation sites is 1. The molecule has 18 heavy (non-hydrogen) atoms. The van der Waals surface area contributed by atoms with Crippen LogP contribution in [-0.2, 0) is 5.54 Å². The van der Waals surface area contributed by atoms with E-state index in [9.17, 15) is 4.79 Å². The third-order valence-electron chi connectivity index (χ3n) is 3.12. The molecule has 0 spiro atoms. The van der Waals surface area contributed by atoms with Crippen molar-refractivity contribution in [3.8, 4) is 5.75 Å². The van der Waals surface area contributed by atoms with Gasteiger partial charge < -0.3 is 20.2 Å². The maximum atomic E-state index is 11.0. The number of rotatable bonds is 3. The van der Waals surface area contributed by atoms with Crippen LogP contribution in [0.25, 0.3) is 11.1 Å². The molecule has 1 aromatic heterocycles. The number of nitrogens with two attached hydrogens (primary N) is 1. The molecule has 6 heteroatoms. The zero-order valence-electron chi connectivity index (χ0n) is 9.90. The Kier molecular flexibility index (Phi) is 2.19. The SMILES string of the molecule is COc1cccc2oc(C3(NC(N)=O)CC3)nc12. The average Bonchev–Trinajstić information content (AvgIpc) is 2.97. The molecule has 0 saturated heterocycles. The molecule has 1 aromatic carbocycles. The molecule has 1 fully saturated rings. The van der Waals surface area contributed by atoms with Crippen LogP contribution in [0.15, 0.2) is 22.6 Å². The van der Waals surface area contributed by atoms with Gasteiger partial charge >= 0.3 is 6.03 Å². The van der Waals surface area contributed by atoms with Crippen LogP contribution in [-0.4, -0.2) is 18.1 Å². The van der Waals surface area contributed by atoms with Crippen LogP contribution in [0, 0.1) is 0 Å². The number of methoxy groups -OCH3 is 1. The minimum absolute atomic E-state index is 0.487. The van der Waals surface area contributed by atoms with Gasteiger partial charge in [-0.05, 0) is 25.0 Å². The lowest BCUT2D eigenvalue weighted by atomic mass is 10.3. The first-order chi connectivity index (χ1) is 8.64. The number of nitrogens with one attached hydrogen (secondary N) is 1. The number of nitrogens with zero attached hydrogens (tertiary/aromatic N) is 1. The van der Waals surface area contributed by atoms with E-state index >= 15 is 0 Å². The second kappa shape index (κ2) is 3.63. The Labute approximate surface area is 103 Å². The highest BCUT2D eigenvalue weighted by molar-refractivity contribution is 5.80. The van der Waals surface area contributed by atoms with Crippen molar-refractivity contribution < 1.29 is 13.9 Å². The van der Waals surface area contributed by atoms with E-state index in [0.29, 0.717) is 22.7 Å². The van der Waals surface area contributed by atoms with Crippen molar-refractivity contribution in [1.82, 2.24) is 10.3 Å². The zero-order chi connectivity index (χ0) is 12.8. The van der Waals surface area contributed by atoms with Crippen molar-refractivity contribution in [1.29, 1.82) is 0 Å². The number of ether oxygens (including phenoxy) is 1. The molecule has 1 aliphatic carbocycles. The lowest BCUT2D eigenvalue weighted by Gasteiger charge is -2.10. The number of hydrogen-bond acceptors (Lipinski definition) is 4. The normalized spacial score (nSPS) is 16.5. The van der Waals surface area contributed by atoms with Crippen LogP contribution in [0.2, 0.25) is 0 Å². The first kappa shape index (κ1) is 10.9. The van der Waals surface area contributed by atoms with Crippen LogP contribution in [0.3, 0.4) is 0 Å². The minimum Gasteiger partial charge on any atom is -0.494 e. The van der Waals surface area contributed by atoms with Gasteiger partial charge in [-0.25, -0.2) is 9.78 Å². The Morgan fingerprint density at radius 1 is 1.56 bits per heavy atom. The summed E-state index contributed by atoms with van der Waals surface area (Å²) in [6.07, 6.45) is 1.57. The van der Waals surface area contributed by atoms with Gasteiger partial charge in [-0.1, -0.05) is 6.07 Å². The summed E-state index contributed by atoms with van der Waals surface area (Å²) in [4.78, 5) is 15.4. The molecule has 0 unspecified atom stereocenters. The van der Waals surface area contributed by atoms with E-state index in [1.807, 2.05) is 18.2 Å². The average molecular weight is 247 g/mol. The number of aromatic nitrogens is 1. The third-order valence-corrected chi connectivity index (χ3v) is 3.12. The van der Waals surface area contributed by atoms with Crippen LogP contribution in [0.4, 0.5) is 4.79 Å². The first-order valence-corrected chi connectivity index (χ1v) is 5.66. The summed E-state index contributed by atoms with van der Waals surface area (Å²) in [5.74, 6) is 1.14. The van der Waals surface area contributed by atoms with Crippen LogP contribution >= 0.6 is 0 Å². The number of primary amides is 1. The van der Waals surface area contributed by atoms with Gasteiger partial charge in [-0.15, -0.1) is 0 Å². The second-order valence-corrected chi connectivity index (χ2v) is 4.40. The number of hydrogen-bond donors (Lipinski definition) is 2. The maximum Gasteiger partial charge on any atom is 0.313 e. The highest BCUT2D eigenvalue weighted by Gasteiger charge is 2.50. The summed E-state index contributed by atoms with van der Waals surface area (Å²) in [6, 6.07) is 4.89. The zero-order valence-corrected chi connectivity index (χ0v) is 9.90. The lowest BCUT2D eigenvalue weighted by Crippen LogP contribution is -2.38. The van der Waals surface area contributed by atoms with E-state index in [1.165, 1.54) is 0 Å². The van der Waals surface area contributed by atoms with Gasteiger partial charge in [0.2, 0.25) is 5.89 Å². The van der Waals surface area contributed by atoms with Crippen LogP contribution in [0.1, 0.15) is 18.7 Å². The first-order valence-electron chi connectivity index (χ1n) is 5.66. The summed E-state index contributed by atoms with van der Waals surface area (Å²) in [6.45, 7) is 0. The molecule has 1 heterocycles. The largest absolute Gasteiger partial charge is 0.494 e. The smallest absolute Gasteiger partial charge is 0.313 e. The van der Waals surface area contributed by atoms with E-state index in [-0.39, 0.29) is 0 Å². The Balaban J connectivity index is 2.06. The summed E-state index contributed by atoms with van der Waals surface area (Å²) in [5, 5.41) is 2.69. The molecule has 3 rings (SSSR count). The molecule has 0 atom stereocenters. The summed E-state index contributed by atoms with van der Waals surface area (Å²) in [7, 11) is 1.58. The van der Waals surface area contributed by atoms with Gasteiger partial charge in [0, 0.05) is 0 Å². The maximum absolute atomic E-state index is 11.0. The highest BCUT2D eigenvalue weighted by atomic mass is 16.5. The molecule has 0 bridgehead atoms. The molecule has 2 aromatic rings. The number of fused-ring (bicyclic) bond motifs is 1. The summed E-state index contributed by atoms with van der Waals surface area (Å²) >= 11 is 0. The molecule has 6 nitrogen and oxygen atoms in total. The molecule has 3 N–H and O–H groups in total. The van der Waals surface area contributed by atoms with Crippen molar-refractivity contribution in [2.24, 2.45) is 5.73 Å². The van der Waals surface area contributed by atoms with Gasteiger partial charge in [0.15, 0.2) is 11.1 Å². The summed E-state index contributed by atoms with van der Waals surface area (Å²) in [5.41, 5.74) is 5.93. The second-order valence-electron chi connectivity index (χ2n) is 4.40. The van der Waals surface area contributed by atoms with Gasteiger partial charge in [-0.2, -0.15) is 0 Å². The van der Waals surface area contributed by atoms with Gasteiger partial charge in [0.25, 0.3) is 0 Å². The number of oxazole rings is 1. The molecule has 0 radical (unpaired) electrons. The van der Waals surface area contributed by atoms with E-state index in [0.717, 1.165) is 12.8 Å². The predicted molar refractivity (Wildman–Crippen MR) is 64.2 cm³/mol.